The van der Waals surface area contributed by atoms with Gasteiger partial charge in [0.1, 0.15) is 0 Å². The number of nitrogens with one attached hydrogen (secondary N) is 1. The molecule has 1 aliphatic carbocycles. The van der Waals surface area contributed by atoms with E-state index in [1.54, 1.807) is 23.0 Å². The molecule has 1 fully saturated rings. The lowest BCUT2D eigenvalue weighted by Crippen LogP contribution is -2.15. The lowest BCUT2D eigenvalue weighted by molar-refractivity contribution is -0.117. The van der Waals surface area contributed by atoms with Crippen molar-refractivity contribution in [3.05, 3.63) is 24.5 Å². The van der Waals surface area contributed by atoms with E-state index < -0.39 is 0 Å². The molecule has 2 heterocycles. The minimum Gasteiger partial charge on any atom is -0.309 e. The van der Waals surface area contributed by atoms with Gasteiger partial charge in [0, 0.05) is 18.3 Å². The Balaban J connectivity index is 1.86. The Bertz CT molecular complexity index is 515. The summed E-state index contributed by atoms with van der Waals surface area (Å²) in [7, 11) is 0. The molecule has 5 heteroatoms. The summed E-state index contributed by atoms with van der Waals surface area (Å²) in [6, 6.07) is 3.60. The predicted octanol–water partition coefficient (Wildman–Crippen LogP) is 1.08. The van der Waals surface area contributed by atoms with Gasteiger partial charge >= 0.3 is 0 Å². The summed E-state index contributed by atoms with van der Waals surface area (Å²) in [5, 5.41) is 6.99. The molecule has 0 bridgehead atoms. The first-order chi connectivity index (χ1) is 7.33. The SMILES string of the molecule is O=C(Nc1ccc2nccn2n1)C1CC1. The zero-order valence-electron chi connectivity index (χ0n) is 8.05. The molecule has 0 atom stereocenters. The van der Waals surface area contributed by atoms with E-state index in [0.29, 0.717) is 5.82 Å². The molecule has 0 radical (unpaired) electrons. The fraction of sp³-hybridized carbons (Fsp3) is 0.300. The highest BCUT2D eigenvalue weighted by molar-refractivity contribution is 5.93. The van der Waals surface area contributed by atoms with E-state index in [1.807, 2.05) is 6.07 Å². The Kier molecular flexibility index (Phi) is 1.71. The molecule has 76 valence electrons. The number of aromatic nitrogens is 3. The van der Waals surface area contributed by atoms with Crippen LogP contribution in [0.25, 0.3) is 5.65 Å². The van der Waals surface area contributed by atoms with Crippen LogP contribution < -0.4 is 5.32 Å². The summed E-state index contributed by atoms with van der Waals surface area (Å²) in [4.78, 5) is 15.5. The average molecular weight is 202 g/mol. The summed E-state index contributed by atoms with van der Waals surface area (Å²) >= 11 is 0. The maximum Gasteiger partial charge on any atom is 0.228 e. The highest BCUT2D eigenvalue weighted by Gasteiger charge is 2.29. The van der Waals surface area contributed by atoms with Crippen LogP contribution in [0.2, 0.25) is 0 Å². The summed E-state index contributed by atoms with van der Waals surface area (Å²) in [6.45, 7) is 0. The minimum atomic E-state index is 0.0713. The van der Waals surface area contributed by atoms with Crippen LogP contribution in [-0.2, 0) is 4.79 Å². The molecule has 0 saturated heterocycles. The first-order valence-corrected chi connectivity index (χ1v) is 4.94. The summed E-state index contributed by atoms with van der Waals surface area (Å²) in [6.07, 6.45) is 5.43. The van der Waals surface area contributed by atoms with Crippen molar-refractivity contribution in [1.82, 2.24) is 14.6 Å². The Hall–Kier alpha value is -1.91. The zero-order chi connectivity index (χ0) is 10.3. The zero-order valence-corrected chi connectivity index (χ0v) is 8.05. The quantitative estimate of drug-likeness (QED) is 0.792. The van der Waals surface area contributed by atoms with Crippen molar-refractivity contribution < 1.29 is 4.79 Å². The van der Waals surface area contributed by atoms with Gasteiger partial charge in [-0.2, -0.15) is 0 Å². The van der Waals surface area contributed by atoms with Gasteiger partial charge in [-0.25, -0.2) is 9.50 Å². The molecule has 0 aromatic carbocycles. The van der Waals surface area contributed by atoms with E-state index in [-0.39, 0.29) is 11.8 Å². The molecular weight excluding hydrogens is 192 g/mol. The van der Waals surface area contributed by atoms with Crippen LogP contribution >= 0.6 is 0 Å². The molecule has 15 heavy (non-hydrogen) atoms. The van der Waals surface area contributed by atoms with Gasteiger partial charge in [0.25, 0.3) is 0 Å². The number of carbonyl (C=O) groups is 1. The van der Waals surface area contributed by atoms with E-state index >= 15 is 0 Å². The van der Waals surface area contributed by atoms with Crippen LogP contribution in [0.1, 0.15) is 12.8 Å². The molecule has 0 unspecified atom stereocenters. The molecule has 1 aliphatic rings. The van der Waals surface area contributed by atoms with E-state index in [9.17, 15) is 4.79 Å². The van der Waals surface area contributed by atoms with Crippen LogP contribution in [0.15, 0.2) is 24.5 Å². The third-order valence-corrected chi connectivity index (χ3v) is 2.45. The van der Waals surface area contributed by atoms with Gasteiger partial charge in [0.15, 0.2) is 11.5 Å². The van der Waals surface area contributed by atoms with Crippen LogP contribution in [0, 0.1) is 5.92 Å². The maximum absolute atomic E-state index is 11.5. The lowest BCUT2D eigenvalue weighted by Gasteiger charge is -2.02. The molecule has 1 N–H and O–H groups in total. The van der Waals surface area contributed by atoms with Gasteiger partial charge < -0.3 is 5.32 Å². The summed E-state index contributed by atoms with van der Waals surface area (Å²) in [5.74, 6) is 0.852. The highest BCUT2D eigenvalue weighted by Crippen LogP contribution is 2.29. The van der Waals surface area contributed by atoms with Gasteiger partial charge in [0.2, 0.25) is 5.91 Å². The van der Waals surface area contributed by atoms with Crippen molar-refractivity contribution in [2.24, 2.45) is 5.92 Å². The van der Waals surface area contributed by atoms with Gasteiger partial charge in [-0.1, -0.05) is 0 Å². The minimum absolute atomic E-state index is 0.0713. The monoisotopic (exact) mass is 202 g/mol. The molecular formula is C10H10N4O. The van der Waals surface area contributed by atoms with E-state index in [0.717, 1.165) is 18.5 Å². The van der Waals surface area contributed by atoms with Crippen molar-refractivity contribution in [3.63, 3.8) is 0 Å². The molecule has 2 aromatic rings. The first-order valence-electron chi connectivity index (χ1n) is 4.94. The molecule has 0 spiro atoms. The normalized spacial score (nSPS) is 15.5. The second-order valence-electron chi connectivity index (χ2n) is 3.71. The van der Waals surface area contributed by atoms with Crippen LogP contribution in [0.3, 0.4) is 0 Å². The number of nitrogens with zero attached hydrogens (tertiary/aromatic N) is 3. The van der Waals surface area contributed by atoms with Crippen LogP contribution in [0.5, 0.6) is 0 Å². The summed E-state index contributed by atoms with van der Waals surface area (Å²) in [5.41, 5.74) is 0.777. The maximum atomic E-state index is 11.5. The van der Waals surface area contributed by atoms with Gasteiger partial charge in [-0.05, 0) is 25.0 Å². The fourth-order valence-electron chi connectivity index (χ4n) is 1.46. The molecule has 2 aromatic heterocycles. The lowest BCUT2D eigenvalue weighted by atomic mass is 10.4. The Morgan fingerprint density at radius 1 is 1.47 bits per heavy atom. The van der Waals surface area contributed by atoms with Crippen molar-refractivity contribution in [2.45, 2.75) is 12.8 Å². The Morgan fingerprint density at radius 2 is 2.33 bits per heavy atom. The predicted molar refractivity (Wildman–Crippen MR) is 54.3 cm³/mol. The van der Waals surface area contributed by atoms with Crippen LogP contribution in [-0.4, -0.2) is 20.5 Å². The first kappa shape index (κ1) is 8.40. The van der Waals surface area contributed by atoms with E-state index in [4.69, 9.17) is 0 Å². The second kappa shape index (κ2) is 3.05. The van der Waals surface area contributed by atoms with Crippen molar-refractivity contribution in [2.75, 3.05) is 5.32 Å². The molecule has 1 saturated carbocycles. The molecule has 0 aliphatic heterocycles. The molecule has 5 nitrogen and oxygen atoms in total. The van der Waals surface area contributed by atoms with E-state index in [2.05, 4.69) is 15.4 Å². The molecule has 1 amide bonds. The highest BCUT2D eigenvalue weighted by atomic mass is 16.2. The topological polar surface area (TPSA) is 59.3 Å². The van der Waals surface area contributed by atoms with Gasteiger partial charge in [-0.3, -0.25) is 4.79 Å². The Labute approximate surface area is 86.1 Å². The number of imidazole rings is 1. The Morgan fingerprint density at radius 3 is 3.13 bits per heavy atom. The van der Waals surface area contributed by atoms with Crippen LogP contribution in [0.4, 0.5) is 5.82 Å². The largest absolute Gasteiger partial charge is 0.309 e. The number of rotatable bonds is 2. The van der Waals surface area contributed by atoms with E-state index in [1.165, 1.54) is 0 Å². The van der Waals surface area contributed by atoms with Gasteiger partial charge in [0.05, 0.1) is 0 Å². The standard InChI is InChI=1S/C10H10N4O/c15-10(7-1-2-7)12-8-3-4-9-11-5-6-14(9)13-8/h3-7H,1-2H2,(H,12,13,15). The third kappa shape index (κ3) is 1.56. The number of carbonyl (C=O) groups excluding carboxylic acids is 1. The van der Waals surface area contributed by atoms with Crippen molar-refractivity contribution in [3.8, 4) is 0 Å². The number of fused-ring (bicyclic) bond motifs is 1. The smallest absolute Gasteiger partial charge is 0.228 e. The van der Waals surface area contributed by atoms with Crippen molar-refractivity contribution >= 4 is 17.4 Å². The second-order valence-corrected chi connectivity index (χ2v) is 3.71. The number of hydrogen-bond donors (Lipinski definition) is 1. The number of hydrogen-bond acceptors (Lipinski definition) is 3. The summed E-state index contributed by atoms with van der Waals surface area (Å²) < 4.78 is 1.64. The van der Waals surface area contributed by atoms with Crippen molar-refractivity contribution in [1.29, 1.82) is 0 Å². The molecule has 3 rings (SSSR count). The number of amides is 1. The third-order valence-electron chi connectivity index (χ3n) is 2.45. The average Bonchev–Trinajstić information content (AvgIpc) is 2.98. The fourth-order valence-corrected chi connectivity index (χ4v) is 1.46. The number of anilines is 1. The van der Waals surface area contributed by atoms with Gasteiger partial charge in [-0.15, -0.1) is 5.10 Å².